The van der Waals surface area contributed by atoms with Crippen LogP contribution >= 0.6 is 15.9 Å². The van der Waals surface area contributed by atoms with Gasteiger partial charge in [-0.15, -0.1) is 0 Å². The Morgan fingerprint density at radius 1 is 1.15 bits per heavy atom. The first-order valence-electron chi connectivity index (χ1n) is 3.87. The molecular weight excluding hydrogens is 233 g/mol. The first-order valence-corrected chi connectivity index (χ1v) is 4.66. The lowest BCUT2D eigenvalue weighted by atomic mass is 10.2. The fourth-order valence-electron chi connectivity index (χ4n) is 1.21. The quantitative estimate of drug-likeness (QED) is 0.784. The molecule has 0 fully saturated rings. The van der Waals surface area contributed by atoms with E-state index in [4.69, 9.17) is 0 Å². The maximum Gasteiger partial charge on any atom is 0.192 e. The minimum absolute atomic E-state index is 0.328. The standard InChI is InChI=1S/C10H7BrFN/c11-8-6-9(12)13-10(8)7-4-2-1-3-5-7/h1-6,13H. The average molecular weight is 240 g/mol. The summed E-state index contributed by atoms with van der Waals surface area (Å²) in [5.74, 6) is -0.328. The van der Waals surface area contributed by atoms with E-state index in [1.165, 1.54) is 6.07 Å². The molecule has 0 aliphatic rings. The highest BCUT2D eigenvalue weighted by Gasteiger charge is 2.06. The van der Waals surface area contributed by atoms with E-state index in [-0.39, 0.29) is 5.95 Å². The van der Waals surface area contributed by atoms with Crippen LogP contribution in [0.4, 0.5) is 4.39 Å². The normalized spacial score (nSPS) is 10.3. The molecule has 0 bridgehead atoms. The topological polar surface area (TPSA) is 15.8 Å². The zero-order valence-electron chi connectivity index (χ0n) is 6.72. The predicted molar refractivity (Wildman–Crippen MR) is 53.9 cm³/mol. The van der Waals surface area contributed by atoms with Crippen molar-refractivity contribution in [1.29, 1.82) is 0 Å². The Labute approximate surface area is 83.7 Å². The van der Waals surface area contributed by atoms with Crippen LogP contribution in [0.5, 0.6) is 0 Å². The molecule has 1 aromatic heterocycles. The third kappa shape index (κ3) is 1.65. The van der Waals surface area contributed by atoms with Crippen molar-refractivity contribution in [2.24, 2.45) is 0 Å². The Kier molecular flexibility index (Phi) is 2.19. The van der Waals surface area contributed by atoms with Gasteiger partial charge >= 0.3 is 0 Å². The highest BCUT2D eigenvalue weighted by Crippen LogP contribution is 2.27. The molecule has 66 valence electrons. The molecule has 1 nitrogen and oxygen atoms in total. The van der Waals surface area contributed by atoms with E-state index in [1.807, 2.05) is 30.3 Å². The minimum Gasteiger partial charge on any atom is -0.331 e. The highest BCUT2D eigenvalue weighted by molar-refractivity contribution is 9.10. The molecular formula is C10H7BrFN. The van der Waals surface area contributed by atoms with Crippen LogP contribution in [0.3, 0.4) is 0 Å². The lowest BCUT2D eigenvalue weighted by Crippen LogP contribution is -1.77. The van der Waals surface area contributed by atoms with Crippen LogP contribution in [0.25, 0.3) is 11.3 Å². The molecule has 0 radical (unpaired) electrons. The molecule has 2 aromatic rings. The molecule has 1 N–H and O–H groups in total. The molecule has 1 aromatic carbocycles. The maximum absolute atomic E-state index is 12.8. The first kappa shape index (κ1) is 8.51. The Bertz CT molecular complexity index is 408. The van der Waals surface area contributed by atoms with Crippen molar-refractivity contribution < 1.29 is 4.39 Å². The van der Waals surface area contributed by atoms with Gasteiger partial charge in [0.25, 0.3) is 0 Å². The van der Waals surface area contributed by atoms with Crippen LogP contribution in [0.15, 0.2) is 40.9 Å². The van der Waals surface area contributed by atoms with Crippen LogP contribution in [0.1, 0.15) is 0 Å². The third-order valence-corrected chi connectivity index (χ3v) is 2.42. The zero-order valence-corrected chi connectivity index (χ0v) is 8.31. The van der Waals surface area contributed by atoms with Gasteiger partial charge in [0.1, 0.15) is 0 Å². The van der Waals surface area contributed by atoms with Crippen molar-refractivity contribution in [3.05, 3.63) is 46.8 Å². The number of H-pyrrole nitrogens is 1. The molecule has 0 unspecified atom stereocenters. The van der Waals surface area contributed by atoms with Gasteiger partial charge in [0, 0.05) is 10.5 Å². The van der Waals surface area contributed by atoms with Gasteiger partial charge in [-0.05, 0) is 21.5 Å². The number of aromatic nitrogens is 1. The number of hydrogen-bond acceptors (Lipinski definition) is 0. The summed E-state index contributed by atoms with van der Waals surface area (Å²) in [6, 6.07) is 11.0. The van der Waals surface area contributed by atoms with Crippen molar-refractivity contribution in [2.75, 3.05) is 0 Å². The van der Waals surface area contributed by atoms with E-state index in [2.05, 4.69) is 20.9 Å². The zero-order chi connectivity index (χ0) is 9.26. The van der Waals surface area contributed by atoms with Gasteiger partial charge in [0.2, 0.25) is 0 Å². The summed E-state index contributed by atoms with van der Waals surface area (Å²) in [6.45, 7) is 0. The van der Waals surface area contributed by atoms with Crippen LogP contribution in [0.2, 0.25) is 0 Å². The molecule has 0 aliphatic carbocycles. The van der Waals surface area contributed by atoms with Crippen LogP contribution in [-0.4, -0.2) is 4.98 Å². The second-order valence-electron chi connectivity index (χ2n) is 2.71. The summed E-state index contributed by atoms with van der Waals surface area (Å²) in [5, 5.41) is 0. The number of halogens is 2. The third-order valence-electron chi connectivity index (χ3n) is 1.80. The molecule has 13 heavy (non-hydrogen) atoms. The number of rotatable bonds is 1. The summed E-state index contributed by atoms with van der Waals surface area (Å²) >= 11 is 3.28. The second kappa shape index (κ2) is 3.34. The lowest BCUT2D eigenvalue weighted by Gasteiger charge is -1.97. The second-order valence-corrected chi connectivity index (χ2v) is 3.56. The molecule has 0 saturated heterocycles. The number of hydrogen-bond donors (Lipinski definition) is 1. The monoisotopic (exact) mass is 239 g/mol. The largest absolute Gasteiger partial charge is 0.331 e. The van der Waals surface area contributed by atoms with Gasteiger partial charge < -0.3 is 4.98 Å². The molecule has 0 amide bonds. The van der Waals surface area contributed by atoms with Crippen molar-refractivity contribution >= 4 is 15.9 Å². The molecule has 2 rings (SSSR count). The molecule has 0 saturated carbocycles. The number of nitrogens with one attached hydrogen (secondary N) is 1. The van der Waals surface area contributed by atoms with Gasteiger partial charge in [-0.2, -0.15) is 4.39 Å². The number of benzene rings is 1. The van der Waals surface area contributed by atoms with Crippen molar-refractivity contribution in [1.82, 2.24) is 4.98 Å². The molecule has 0 atom stereocenters. The molecule has 1 heterocycles. The maximum atomic E-state index is 12.8. The van der Waals surface area contributed by atoms with E-state index in [1.54, 1.807) is 0 Å². The molecule has 3 heteroatoms. The van der Waals surface area contributed by atoms with Crippen molar-refractivity contribution in [2.45, 2.75) is 0 Å². The Balaban J connectivity index is 2.53. The van der Waals surface area contributed by atoms with Gasteiger partial charge in [0.05, 0.1) is 5.69 Å². The minimum atomic E-state index is -0.328. The number of aromatic amines is 1. The van der Waals surface area contributed by atoms with Gasteiger partial charge in [-0.3, -0.25) is 0 Å². The molecule has 0 spiro atoms. The summed E-state index contributed by atoms with van der Waals surface area (Å²) < 4.78 is 13.5. The van der Waals surface area contributed by atoms with E-state index >= 15 is 0 Å². The predicted octanol–water partition coefficient (Wildman–Crippen LogP) is 3.58. The summed E-state index contributed by atoms with van der Waals surface area (Å²) in [6.07, 6.45) is 0. The van der Waals surface area contributed by atoms with Crippen LogP contribution in [-0.2, 0) is 0 Å². The van der Waals surface area contributed by atoms with Crippen LogP contribution in [0, 0.1) is 5.95 Å². The fourth-order valence-corrected chi connectivity index (χ4v) is 1.74. The Morgan fingerprint density at radius 2 is 1.85 bits per heavy atom. The molecule has 0 aliphatic heterocycles. The van der Waals surface area contributed by atoms with Gasteiger partial charge in [-0.25, -0.2) is 0 Å². The van der Waals surface area contributed by atoms with Gasteiger partial charge in [-0.1, -0.05) is 30.3 Å². The summed E-state index contributed by atoms with van der Waals surface area (Å²) in [7, 11) is 0. The SMILES string of the molecule is Fc1cc(Br)c(-c2ccccc2)[nH]1. The van der Waals surface area contributed by atoms with E-state index in [9.17, 15) is 4.39 Å². The first-order chi connectivity index (χ1) is 6.27. The van der Waals surface area contributed by atoms with Crippen LogP contribution < -0.4 is 0 Å². The van der Waals surface area contributed by atoms with Gasteiger partial charge in [0.15, 0.2) is 5.95 Å². The van der Waals surface area contributed by atoms with E-state index in [0.717, 1.165) is 15.7 Å². The summed E-state index contributed by atoms with van der Waals surface area (Å²) in [5.41, 5.74) is 1.75. The van der Waals surface area contributed by atoms with E-state index < -0.39 is 0 Å². The highest BCUT2D eigenvalue weighted by atomic mass is 79.9. The van der Waals surface area contributed by atoms with Crippen molar-refractivity contribution in [3.63, 3.8) is 0 Å². The average Bonchev–Trinajstić information content (AvgIpc) is 2.47. The van der Waals surface area contributed by atoms with E-state index in [0.29, 0.717) is 0 Å². The summed E-state index contributed by atoms with van der Waals surface area (Å²) in [4.78, 5) is 2.65. The Morgan fingerprint density at radius 3 is 2.38 bits per heavy atom. The smallest absolute Gasteiger partial charge is 0.192 e. The fraction of sp³-hybridized carbons (Fsp3) is 0. The Hall–Kier alpha value is -1.09. The van der Waals surface area contributed by atoms with Crippen molar-refractivity contribution in [3.8, 4) is 11.3 Å². The lowest BCUT2D eigenvalue weighted by molar-refractivity contribution is 0.592.